The standard InChI is InChI=1S/C19H20N4O4S.C2H6/c1-12(13-4-6-14(7-5-13)28(25)26)23(11-24)18-15-8-9-17(27-3)22-19(15)21-10-16(18)20-2;1-2/h4-12,20H,1-3H3,(H,25,26);1-2H3/p-1. The van der Waals surface area contributed by atoms with E-state index in [2.05, 4.69) is 15.3 Å². The molecule has 30 heavy (non-hydrogen) atoms. The van der Waals surface area contributed by atoms with E-state index in [4.69, 9.17) is 4.74 Å². The number of fused-ring (bicyclic) bond motifs is 1. The Morgan fingerprint density at radius 3 is 2.40 bits per heavy atom. The molecule has 1 amide bonds. The molecule has 0 aliphatic rings. The summed E-state index contributed by atoms with van der Waals surface area (Å²) in [6.45, 7) is 5.86. The molecule has 0 fully saturated rings. The summed E-state index contributed by atoms with van der Waals surface area (Å²) in [6.07, 6.45) is 2.35. The fourth-order valence-electron chi connectivity index (χ4n) is 2.98. The molecule has 3 rings (SSSR count). The molecule has 0 aliphatic carbocycles. The molecule has 1 N–H and O–H groups in total. The number of nitrogens with one attached hydrogen (secondary N) is 1. The Balaban J connectivity index is 0.00000155. The predicted octanol–water partition coefficient (Wildman–Crippen LogP) is 3.67. The van der Waals surface area contributed by atoms with Crippen molar-refractivity contribution in [1.29, 1.82) is 0 Å². The third-order valence-corrected chi connectivity index (χ3v) is 5.16. The fraction of sp³-hybridized carbons (Fsp3) is 0.286. The fourth-order valence-corrected chi connectivity index (χ4v) is 3.34. The molecule has 3 aromatic rings. The van der Waals surface area contributed by atoms with Gasteiger partial charge in [0, 0.05) is 23.4 Å². The number of hydrogen-bond acceptors (Lipinski definition) is 7. The van der Waals surface area contributed by atoms with Gasteiger partial charge in [0.25, 0.3) is 0 Å². The Kier molecular flexibility index (Phi) is 8.25. The van der Waals surface area contributed by atoms with Crippen molar-refractivity contribution >= 4 is 39.9 Å². The van der Waals surface area contributed by atoms with E-state index in [0.29, 0.717) is 28.3 Å². The number of ether oxygens (including phenoxy) is 1. The molecule has 2 aromatic heterocycles. The van der Waals surface area contributed by atoms with E-state index < -0.39 is 11.1 Å². The molecule has 160 valence electrons. The Hall–Kier alpha value is -3.04. The van der Waals surface area contributed by atoms with Gasteiger partial charge in [-0.2, -0.15) is 4.98 Å². The van der Waals surface area contributed by atoms with Crippen LogP contribution in [-0.2, 0) is 15.9 Å². The molecule has 1 aromatic carbocycles. The van der Waals surface area contributed by atoms with E-state index in [0.717, 1.165) is 12.0 Å². The minimum absolute atomic E-state index is 0.190. The Bertz CT molecular complexity index is 1030. The number of carbonyl (C=O) groups excluding carboxylic acids is 1. The highest BCUT2D eigenvalue weighted by Crippen LogP contribution is 2.37. The van der Waals surface area contributed by atoms with Gasteiger partial charge in [-0.25, -0.2) is 4.98 Å². The summed E-state index contributed by atoms with van der Waals surface area (Å²) in [4.78, 5) is 22.5. The van der Waals surface area contributed by atoms with Gasteiger partial charge in [0.2, 0.25) is 12.3 Å². The molecule has 0 radical (unpaired) electrons. The van der Waals surface area contributed by atoms with Crippen LogP contribution in [-0.4, -0.2) is 39.3 Å². The van der Waals surface area contributed by atoms with Crippen LogP contribution in [0, 0.1) is 0 Å². The van der Waals surface area contributed by atoms with Crippen LogP contribution in [0.1, 0.15) is 32.4 Å². The zero-order valence-electron chi connectivity index (χ0n) is 17.6. The number of amides is 1. The van der Waals surface area contributed by atoms with E-state index in [9.17, 15) is 13.6 Å². The summed E-state index contributed by atoms with van der Waals surface area (Å²) in [5, 5.41) is 3.74. The van der Waals surface area contributed by atoms with Crippen molar-refractivity contribution < 1.29 is 18.3 Å². The molecule has 0 spiro atoms. The molecular formula is C21H25N4O4S-. The quantitative estimate of drug-likeness (QED) is 0.451. The van der Waals surface area contributed by atoms with E-state index in [1.54, 1.807) is 42.4 Å². The summed E-state index contributed by atoms with van der Waals surface area (Å²) < 4.78 is 27.3. The minimum atomic E-state index is -2.30. The second-order valence-electron chi connectivity index (χ2n) is 5.99. The zero-order chi connectivity index (χ0) is 22.3. The van der Waals surface area contributed by atoms with Gasteiger partial charge in [0.05, 0.1) is 30.7 Å². The van der Waals surface area contributed by atoms with Crippen LogP contribution in [0.15, 0.2) is 47.5 Å². The number of anilines is 2. The second-order valence-corrected chi connectivity index (χ2v) is 6.93. The third-order valence-electron chi connectivity index (χ3n) is 4.50. The molecule has 0 saturated heterocycles. The monoisotopic (exact) mass is 429 g/mol. The highest BCUT2D eigenvalue weighted by molar-refractivity contribution is 7.79. The Morgan fingerprint density at radius 2 is 1.87 bits per heavy atom. The first-order chi connectivity index (χ1) is 14.5. The van der Waals surface area contributed by atoms with Crippen LogP contribution in [0.3, 0.4) is 0 Å². The lowest BCUT2D eigenvalue weighted by molar-refractivity contribution is -0.107. The number of carbonyl (C=O) groups is 1. The molecule has 2 unspecified atom stereocenters. The van der Waals surface area contributed by atoms with Gasteiger partial charge < -0.3 is 19.5 Å². The lowest BCUT2D eigenvalue weighted by Gasteiger charge is -2.28. The minimum Gasteiger partial charge on any atom is -0.768 e. The smallest absolute Gasteiger partial charge is 0.215 e. The molecule has 2 heterocycles. The van der Waals surface area contributed by atoms with Gasteiger partial charge in [0.15, 0.2) is 5.65 Å². The molecule has 8 nitrogen and oxygen atoms in total. The van der Waals surface area contributed by atoms with Crippen LogP contribution in [0.4, 0.5) is 11.4 Å². The molecule has 9 heteroatoms. The number of methoxy groups -OCH3 is 1. The van der Waals surface area contributed by atoms with Crippen molar-refractivity contribution in [2.75, 3.05) is 24.4 Å². The molecule has 0 bridgehead atoms. The van der Waals surface area contributed by atoms with Crippen molar-refractivity contribution in [3.05, 3.63) is 48.2 Å². The summed E-state index contributed by atoms with van der Waals surface area (Å²) in [6, 6.07) is 9.55. The van der Waals surface area contributed by atoms with E-state index in [1.807, 2.05) is 20.8 Å². The lowest BCUT2D eigenvalue weighted by Crippen LogP contribution is -2.26. The van der Waals surface area contributed by atoms with Crippen molar-refractivity contribution in [3.8, 4) is 5.88 Å². The largest absolute Gasteiger partial charge is 0.768 e. The van der Waals surface area contributed by atoms with Gasteiger partial charge in [-0.1, -0.05) is 26.0 Å². The topological polar surface area (TPSA) is 107 Å². The normalized spacial score (nSPS) is 12.3. The van der Waals surface area contributed by atoms with Gasteiger partial charge >= 0.3 is 0 Å². The summed E-state index contributed by atoms with van der Waals surface area (Å²) >= 11 is -2.30. The van der Waals surface area contributed by atoms with Crippen molar-refractivity contribution in [2.45, 2.75) is 31.7 Å². The average Bonchev–Trinajstić information content (AvgIpc) is 2.80. The van der Waals surface area contributed by atoms with Crippen LogP contribution in [0.5, 0.6) is 5.88 Å². The van der Waals surface area contributed by atoms with Gasteiger partial charge in [0.1, 0.15) is 0 Å². The van der Waals surface area contributed by atoms with Crippen LogP contribution < -0.4 is 15.0 Å². The Labute approximate surface area is 178 Å². The first kappa shape index (κ1) is 23.2. The number of pyridine rings is 2. The number of benzene rings is 1. The first-order valence-electron chi connectivity index (χ1n) is 9.44. The number of nitrogens with zero attached hydrogens (tertiary/aromatic N) is 3. The molecule has 0 aliphatic heterocycles. The maximum absolute atomic E-state index is 12.1. The summed E-state index contributed by atoms with van der Waals surface area (Å²) in [5.74, 6) is 0.426. The van der Waals surface area contributed by atoms with E-state index in [1.165, 1.54) is 19.2 Å². The number of aromatic nitrogens is 2. The van der Waals surface area contributed by atoms with Gasteiger partial charge in [-0.15, -0.1) is 0 Å². The SMILES string of the molecule is CC.CNc1cnc2nc(OC)ccc2c1N(C=O)C(C)c1ccc(S(=O)[O-])cc1. The third kappa shape index (κ3) is 4.74. The maximum atomic E-state index is 12.1. The van der Waals surface area contributed by atoms with Crippen LogP contribution in [0.25, 0.3) is 11.0 Å². The van der Waals surface area contributed by atoms with E-state index in [-0.39, 0.29) is 10.9 Å². The molecular weight excluding hydrogens is 404 g/mol. The Morgan fingerprint density at radius 1 is 1.20 bits per heavy atom. The average molecular weight is 430 g/mol. The second kappa shape index (κ2) is 10.7. The number of hydrogen-bond donors (Lipinski definition) is 1. The van der Waals surface area contributed by atoms with Crippen LogP contribution in [0.2, 0.25) is 0 Å². The summed E-state index contributed by atoms with van der Waals surface area (Å²) in [5.41, 5.74) is 2.52. The van der Waals surface area contributed by atoms with Gasteiger partial charge in [-0.3, -0.25) is 9.00 Å². The predicted molar refractivity (Wildman–Crippen MR) is 118 cm³/mol. The number of rotatable bonds is 7. The van der Waals surface area contributed by atoms with Crippen molar-refractivity contribution in [3.63, 3.8) is 0 Å². The maximum Gasteiger partial charge on any atom is 0.215 e. The zero-order valence-corrected chi connectivity index (χ0v) is 18.4. The van der Waals surface area contributed by atoms with Crippen molar-refractivity contribution in [2.24, 2.45) is 0 Å². The highest BCUT2D eigenvalue weighted by Gasteiger charge is 2.22. The summed E-state index contributed by atoms with van der Waals surface area (Å²) in [7, 11) is 3.27. The van der Waals surface area contributed by atoms with E-state index >= 15 is 0 Å². The van der Waals surface area contributed by atoms with Crippen molar-refractivity contribution in [1.82, 2.24) is 9.97 Å². The first-order valence-corrected chi connectivity index (χ1v) is 10.5. The molecule has 2 atom stereocenters. The lowest BCUT2D eigenvalue weighted by atomic mass is 10.1. The van der Waals surface area contributed by atoms with Crippen LogP contribution >= 0.6 is 0 Å². The highest BCUT2D eigenvalue weighted by atomic mass is 32.2. The molecule has 0 saturated carbocycles. The van der Waals surface area contributed by atoms with Gasteiger partial charge in [-0.05, 0) is 41.8 Å².